The summed E-state index contributed by atoms with van der Waals surface area (Å²) in [6, 6.07) is 0. The molecule has 12 heavy (non-hydrogen) atoms. The Morgan fingerprint density at radius 1 is 1.08 bits per heavy atom. The monoisotopic (exact) mass is 206 g/mol. The molecular formula is C10H22S2. The third-order valence-electron chi connectivity index (χ3n) is 1.94. The number of rotatable bonds is 7. The maximum absolute atomic E-state index is 2.35. The van der Waals surface area contributed by atoms with Gasteiger partial charge in [-0.2, -0.15) is 0 Å². The molecule has 0 bridgehead atoms. The van der Waals surface area contributed by atoms with E-state index in [1.807, 2.05) is 21.6 Å². The predicted octanol–water partition coefficient (Wildman–Crippen LogP) is 4.75. The molecule has 0 saturated heterocycles. The first-order valence-corrected chi connectivity index (χ1v) is 7.40. The fraction of sp³-hybridized carbons (Fsp3) is 1.00. The lowest BCUT2D eigenvalue weighted by Crippen LogP contribution is -2.12. The molecule has 0 saturated carbocycles. The maximum atomic E-state index is 2.35. The standard InChI is InChI=1S/C10H22S2/c1-5-6-7-8-9-10(2,3)12-11-4/h5-9H2,1-4H3. The van der Waals surface area contributed by atoms with Crippen LogP contribution in [0.3, 0.4) is 0 Å². The molecule has 0 aliphatic heterocycles. The first-order chi connectivity index (χ1) is 5.62. The number of hydrogen-bond donors (Lipinski definition) is 0. The van der Waals surface area contributed by atoms with E-state index in [2.05, 4.69) is 27.0 Å². The topological polar surface area (TPSA) is 0 Å². The summed E-state index contributed by atoms with van der Waals surface area (Å²) in [6.07, 6.45) is 9.08. The van der Waals surface area contributed by atoms with Gasteiger partial charge in [-0.15, -0.1) is 0 Å². The minimum Gasteiger partial charge on any atom is -0.0971 e. The van der Waals surface area contributed by atoms with Gasteiger partial charge in [0, 0.05) is 4.75 Å². The second-order valence-corrected chi connectivity index (χ2v) is 6.93. The molecule has 0 unspecified atom stereocenters. The summed E-state index contributed by atoms with van der Waals surface area (Å²) in [5, 5.41) is 0. The molecule has 0 radical (unpaired) electrons. The Kier molecular flexibility index (Phi) is 7.55. The SMILES string of the molecule is CCCCCCC(C)(C)SSC. The number of unbranched alkanes of at least 4 members (excludes halogenated alkanes) is 3. The van der Waals surface area contributed by atoms with Gasteiger partial charge >= 0.3 is 0 Å². The van der Waals surface area contributed by atoms with E-state index in [1.165, 1.54) is 32.1 Å². The van der Waals surface area contributed by atoms with Crippen LogP contribution in [0.15, 0.2) is 0 Å². The first kappa shape index (κ1) is 12.7. The molecule has 0 fully saturated rings. The smallest absolute Gasteiger partial charge is 0.0207 e. The van der Waals surface area contributed by atoms with E-state index >= 15 is 0 Å². The lowest BCUT2D eigenvalue weighted by atomic mass is 10.0. The van der Waals surface area contributed by atoms with Crippen molar-refractivity contribution in [2.24, 2.45) is 0 Å². The zero-order valence-corrected chi connectivity index (χ0v) is 10.5. The quantitative estimate of drug-likeness (QED) is 0.435. The molecule has 0 aliphatic carbocycles. The molecule has 0 atom stereocenters. The van der Waals surface area contributed by atoms with Crippen LogP contribution in [0.4, 0.5) is 0 Å². The highest BCUT2D eigenvalue weighted by Crippen LogP contribution is 2.37. The highest BCUT2D eigenvalue weighted by Gasteiger charge is 2.16. The summed E-state index contributed by atoms with van der Waals surface area (Å²) in [6.45, 7) is 6.96. The highest BCUT2D eigenvalue weighted by molar-refractivity contribution is 8.76. The molecule has 2 heteroatoms. The van der Waals surface area contributed by atoms with E-state index in [1.54, 1.807) is 0 Å². The van der Waals surface area contributed by atoms with Crippen molar-refractivity contribution in [1.82, 2.24) is 0 Å². The predicted molar refractivity (Wildman–Crippen MR) is 63.9 cm³/mol. The molecule has 0 nitrogen and oxygen atoms in total. The molecular weight excluding hydrogens is 184 g/mol. The second-order valence-electron chi connectivity index (χ2n) is 3.82. The van der Waals surface area contributed by atoms with Crippen molar-refractivity contribution >= 4 is 21.6 Å². The van der Waals surface area contributed by atoms with E-state index in [-0.39, 0.29) is 0 Å². The van der Waals surface area contributed by atoms with Gasteiger partial charge in [0.05, 0.1) is 0 Å². The Bertz CT molecular complexity index is 100. The van der Waals surface area contributed by atoms with Gasteiger partial charge < -0.3 is 0 Å². The fourth-order valence-corrected chi connectivity index (χ4v) is 3.53. The van der Waals surface area contributed by atoms with Crippen molar-refractivity contribution < 1.29 is 0 Å². The van der Waals surface area contributed by atoms with Crippen molar-refractivity contribution in [3.63, 3.8) is 0 Å². The van der Waals surface area contributed by atoms with Gasteiger partial charge in [-0.3, -0.25) is 0 Å². The van der Waals surface area contributed by atoms with Crippen LogP contribution in [0.5, 0.6) is 0 Å². The minimum absolute atomic E-state index is 0.479. The molecule has 0 N–H and O–H groups in total. The molecule has 74 valence electrons. The Balaban J connectivity index is 3.33. The molecule has 0 rings (SSSR count). The minimum atomic E-state index is 0.479. The normalized spacial score (nSPS) is 12.0. The average molecular weight is 206 g/mol. The van der Waals surface area contributed by atoms with Gasteiger partial charge in [0.15, 0.2) is 0 Å². The largest absolute Gasteiger partial charge is 0.0971 e. The molecule has 0 aliphatic rings. The van der Waals surface area contributed by atoms with Crippen molar-refractivity contribution in [1.29, 1.82) is 0 Å². The van der Waals surface area contributed by atoms with E-state index < -0.39 is 0 Å². The third-order valence-corrected chi connectivity index (χ3v) is 4.62. The summed E-state index contributed by atoms with van der Waals surface area (Å²) in [5.41, 5.74) is 0. The third kappa shape index (κ3) is 7.35. The lowest BCUT2D eigenvalue weighted by molar-refractivity contribution is 0.561. The lowest BCUT2D eigenvalue weighted by Gasteiger charge is -2.22. The van der Waals surface area contributed by atoms with E-state index in [4.69, 9.17) is 0 Å². The van der Waals surface area contributed by atoms with E-state index in [0.717, 1.165) is 0 Å². The summed E-state index contributed by atoms with van der Waals surface area (Å²) in [4.78, 5) is 0. The number of hydrogen-bond acceptors (Lipinski definition) is 2. The van der Waals surface area contributed by atoms with Gasteiger partial charge in [-0.25, -0.2) is 0 Å². The van der Waals surface area contributed by atoms with Crippen LogP contribution in [0.2, 0.25) is 0 Å². The van der Waals surface area contributed by atoms with Crippen LogP contribution in [-0.4, -0.2) is 11.0 Å². The van der Waals surface area contributed by atoms with E-state index in [9.17, 15) is 0 Å². The van der Waals surface area contributed by atoms with Gasteiger partial charge in [0.1, 0.15) is 0 Å². The van der Waals surface area contributed by atoms with Crippen LogP contribution in [0.1, 0.15) is 52.9 Å². The molecule has 0 aromatic carbocycles. The van der Waals surface area contributed by atoms with Crippen LogP contribution in [0, 0.1) is 0 Å². The zero-order chi connectivity index (χ0) is 9.45. The molecule has 0 aromatic heterocycles. The molecule has 0 spiro atoms. The van der Waals surface area contributed by atoms with Crippen LogP contribution >= 0.6 is 21.6 Å². The maximum Gasteiger partial charge on any atom is 0.0207 e. The van der Waals surface area contributed by atoms with Gasteiger partial charge in [0.2, 0.25) is 0 Å². The van der Waals surface area contributed by atoms with Crippen LogP contribution in [0.25, 0.3) is 0 Å². The summed E-state index contributed by atoms with van der Waals surface area (Å²) >= 11 is 0. The second kappa shape index (κ2) is 7.14. The summed E-state index contributed by atoms with van der Waals surface area (Å²) in [7, 11) is 3.90. The van der Waals surface area contributed by atoms with Gasteiger partial charge in [-0.1, -0.05) is 54.2 Å². The van der Waals surface area contributed by atoms with Gasteiger partial charge in [0.25, 0.3) is 0 Å². The van der Waals surface area contributed by atoms with Crippen molar-refractivity contribution in [2.75, 3.05) is 6.26 Å². The van der Waals surface area contributed by atoms with Crippen molar-refractivity contribution in [3.8, 4) is 0 Å². The first-order valence-electron chi connectivity index (χ1n) is 4.84. The zero-order valence-electron chi connectivity index (χ0n) is 8.85. The summed E-state index contributed by atoms with van der Waals surface area (Å²) < 4.78 is 0.479. The Morgan fingerprint density at radius 3 is 2.25 bits per heavy atom. The molecule has 0 heterocycles. The Labute approximate surface area is 85.7 Å². The average Bonchev–Trinajstić information content (AvgIpc) is 1.98. The van der Waals surface area contributed by atoms with Crippen molar-refractivity contribution in [3.05, 3.63) is 0 Å². The molecule has 0 aromatic rings. The molecule has 0 amide bonds. The summed E-state index contributed by atoms with van der Waals surface area (Å²) in [5.74, 6) is 0. The highest BCUT2D eigenvalue weighted by atomic mass is 33.1. The Hall–Kier alpha value is 0.700. The van der Waals surface area contributed by atoms with Crippen molar-refractivity contribution in [2.45, 2.75) is 57.6 Å². The Morgan fingerprint density at radius 2 is 1.75 bits per heavy atom. The fourth-order valence-electron chi connectivity index (χ4n) is 1.24. The van der Waals surface area contributed by atoms with E-state index in [0.29, 0.717) is 4.75 Å². The van der Waals surface area contributed by atoms with Gasteiger partial charge in [-0.05, 0) is 26.5 Å². The van der Waals surface area contributed by atoms with Crippen LogP contribution < -0.4 is 0 Å². The van der Waals surface area contributed by atoms with Crippen LogP contribution in [-0.2, 0) is 0 Å².